The van der Waals surface area contributed by atoms with Crippen molar-refractivity contribution in [1.29, 1.82) is 0 Å². The highest BCUT2D eigenvalue weighted by atomic mass is 32.2. The van der Waals surface area contributed by atoms with Crippen LogP contribution in [0, 0.1) is 13.8 Å². The average Bonchev–Trinajstić information content (AvgIpc) is 3.12. The van der Waals surface area contributed by atoms with Crippen LogP contribution in [0.3, 0.4) is 0 Å². The van der Waals surface area contributed by atoms with Crippen LogP contribution >= 0.6 is 24.0 Å². The number of thioether (sulfide) groups is 1. The number of hydrogen-bond donors (Lipinski definition) is 1. The number of amides is 2. The van der Waals surface area contributed by atoms with Crippen molar-refractivity contribution in [2.75, 3.05) is 23.9 Å². The molecular weight excluding hydrogens is 480 g/mol. The van der Waals surface area contributed by atoms with Gasteiger partial charge in [0.15, 0.2) is 22.4 Å². The maximum Gasteiger partial charge on any atom is 0.270 e. The van der Waals surface area contributed by atoms with Gasteiger partial charge in [-0.2, -0.15) is 0 Å². The minimum absolute atomic E-state index is 0.165. The minimum atomic E-state index is -0.278. The summed E-state index contributed by atoms with van der Waals surface area (Å²) >= 11 is 6.74. The first-order valence-corrected chi connectivity index (χ1v) is 12.1. The fourth-order valence-electron chi connectivity index (χ4n) is 3.51. The highest BCUT2D eigenvalue weighted by Crippen LogP contribution is 2.38. The number of carbonyl (C=O) groups is 2. The molecule has 3 aromatic carbocycles. The number of hydrogen-bond acceptors (Lipinski definition) is 6. The molecule has 178 valence electrons. The number of nitrogens with one attached hydrogen (secondary N) is 1. The van der Waals surface area contributed by atoms with E-state index in [0.29, 0.717) is 26.4 Å². The summed E-state index contributed by atoms with van der Waals surface area (Å²) in [7, 11) is 1.52. The van der Waals surface area contributed by atoms with E-state index in [2.05, 4.69) is 5.32 Å². The first-order valence-electron chi connectivity index (χ1n) is 10.9. The number of rotatable bonds is 7. The van der Waals surface area contributed by atoms with E-state index in [1.807, 2.05) is 62.4 Å². The Morgan fingerprint density at radius 1 is 1.06 bits per heavy atom. The van der Waals surface area contributed by atoms with Gasteiger partial charge in [-0.3, -0.25) is 14.5 Å². The summed E-state index contributed by atoms with van der Waals surface area (Å²) in [6, 6.07) is 20.4. The Hall–Kier alpha value is -3.62. The quantitative estimate of drug-likeness (QED) is 0.327. The minimum Gasteiger partial charge on any atom is -0.493 e. The predicted octanol–water partition coefficient (Wildman–Crippen LogP) is 5.74. The largest absolute Gasteiger partial charge is 0.493 e. The molecule has 35 heavy (non-hydrogen) atoms. The van der Waals surface area contributed by atoms with Crippen molar-refractivity contribution in [3.63, 3.8) is 0 Å². The molecule has 6 nitrogen and oxygen atoms in total. The van der Waals surface area contributed by atoms with E-state index in [1.54, 1.807) is 29.2 Å². The fraction of sp³-hybridized carbons (Fsp3) is 0.148. The average molecular weight is 505 g/mol. The lowest BCUT2D eigenvalue weighted by Gasteiger charge is -2.16. The second-order valence-electron chi connectivity index (χ2n) is 7.92. The molecule has 1 fully saturated rings. The third-order valence-corrected chi connectivity index (χ3v) is 6.63. The molecule has 3 aromatic rings. The predicted molar refractivity (Wildman–Crippen MR) is 145 cm³/mol. The van der Waals surface area contributed by atoms with E-state index < -0.39 is 0 Å². The first-order chi connectivity index (χ1) is 16.9. The van der Waals surface area contributed by atoms with Crippen LogP contribution in [0.1, 0.15) is 16.7 Å². The summed E-state index contributed by atoms with van der Waals surface area (Å²) in [5.74, 6) is 0.439. The molecule has 1 N–H and O–H groups in total. The zero-order valence-corrected chi connectivity index (χ0v) is 21.2. The molecule has 2 amide bonds. The molecule has 1 aliphatic rings. The van der Waals surface area contributed by atoms with Crippen LogP contribution in [0.25, 0.3) is 6.08 Å². The summed E-state index contributed by atoms with van der Waals surface area (Å²) in [5.41, 5.74) is 4.32. The topological polar surface area (TPSA) is 67.9 Å². The van der Waals surface area contributed by atoms with E-state index >= 15 is 0 Å². The van der Waals surface area contributed by atoms with Gasteiger partial charge in [0.05, 0.1) is 17.7 Å². The highest BCUT2D eigenvalue weighted by molar-refractivity contribution is 8.27. The summed E-state index contributed by atoms with van der Waals surface area (Å²) in [6.45, 7) is 3.76. The molecule has 0 unspecified atom stereocenters. The number of carbonyl (C=O) groups excluding carboxylic acids is 2. The Labute approximate surface area is 213 Å². The molecule has 1 heterocycles. The SMILES string of the molecule is COc1cc(/C=C2/SC(=S)N(c3ccccc3C)C2=O)ccc1OCC(=O)Nc1ccc(C)cc1. The molecule has 4 rings (SSSR count). The third kappa shape index (κ3) is 5.72. The molecule has 0 spiro atoms. The molecule has 0 atom stereocenters. The summed E-state index contributed by atoms with van der Waals surface area (Å²) in [6.07, 6.45) is 1.77. The Kier molecular flexibility index (Phi) is 7.53. The van der Waals surface area contributed by atoms with Gasteiger partial charge in [0.1, 0.15) is 0 Å². The lowest BCUT2D eigenvalue weighted by atomic mass is 10.1. The first kappa shape index (κ1) is 24.5. The molecule has 1 saturated heterocycles. The monoisotopic (exact) mass is 504 g/mol. The van der Waals surface area contributed by atoms with Gasteiger partial charge >= 0.3 is 0 Å². The van der Waals surface area contributed by atoms with Crippen LogP contribution in [0.4, 0.5) is 11.4 Å². The molecule has 0 bridgehead atoms. The number of nitrogens with zero attached hydrogens (tertiary/aromatic N) is 1. The van der Waals surface area contributed by atoms with Crippen molar-refractivity contribution in [3.8, 4) is 11.5 Å². The van der Waals surface area contributed by atoms with Crippen LogP contribution in [0.5, 0.6) is 11.5 Å². The number of anilines is 2. The molecular formula is C27H24N2O4S2. The Balaban J connectivity index is 1.46. The van der Waals surface area contributed by atoms with Crippen LogP contribution in [-0.4, -0.2) is 29.9 Å². The Morgan fingerprint density at radius 3 is 2.51 bits per heavy atom. The van der Waals surface area contributed by atoms with Gasteiger partial charge in [-0.25, -0.2) is 0 Å². The molecule has 1 aliphatic heterocycles. The zero-order chi connectivity index (χ0) is 24.9. The van der Waals surface area contributed by atoms with E-state index in [1.165, 1.54) is 18.9 Å². The normalized spacial score (nSPS) is 14.4. The van der Waals surface area contributed by atoms with E-state index in [4.69, 9.17) is 21.7 Å². The number of aryl methyl sites for hydroxylation is 2. The standard InChI is InChI=1S/C27H24N2O4S2/c1-17-8-11-20(12-9-17)28-25(30)16-33-22-13-10-19(14-23(22)32-3)15-24-26(31)29(27(34)35-24)21-7-5-4-6-18(21)2/h4-15H,16H2,1-3H3,(H,28,30)/b24-15+. The highest BCUT2D eigenvalue weighted by Gasteiger charge is 2.34. The van der Waals surface area contributed by atoms with Crippen LogP contribution in [0.2, 0.25) is 0 Å². The smallest absolute Gasteiger partial charge is 0.270 e. The molecule has 0 saturated carbocycles. The maximum atomic E-state index is 13.1. The van der Waals surface area contributed by atoms with Crippen molar-refractivity contribution in [3.05, 3.63) is 88.3 Å². The third-order valence-electron chi connectivity index (χ3n) is 5.33. The van der Waals surface area contributed by atoms with Crippen LogP contribution in [0.15, 0.2) is 71.6 Å². The molecule has 0 radical (unpaired) electrons. The second kappa shape index (κ2) is 10.8. The van der Waals surface area contributed by atoms with Gasteiger partial charge in [-0.05, 0) is 61.4 Å². The summed E-state index contributed by atoms with van der Waals surface area (Å²) < 4.78 is 11.6. The van der Waals surface area contributed by atoms with Gasteiger partial charge in [-0.15, -0.1) is 0 Å². The summed E-state index contributed by atoms with van der Waals surface area (Å²) in [5, 5.41) is 2.80. The fourth-order valence-corrected chi connectivity index (χ4v) is 4.80. The maximum absolute atomic E-state index is 13.1. The van der Waals surface area contributed by atoms with Crippen molar-refractivity contribution < 1.29 is 19.1 Å². The van der Waals surface area contributed by atoms with Crippen molar-refractivity contribution in [1.82, 2.24) is 0 Å². The molecule has 0 aliphatic carbocycles. The second-order valence-corrected chi connectivity index (χ2v) is 9.59. The van der Waals surface area contributed by atoms with Crippen molar-refractivity contribution in [2.24, 2.45) is 0 Å². The molecule has 0 aromatic heterocycles. The van der Waals surface area contributed by atoms with Gasteiger partial charge in [-0.1, -0.05) is 65.9 Å². The number of thiocarbonyl (C=S) groups is 1. The number of ether oxygens (including phenoxy) is 2. The molecule has 8 heteroatoms. The Bertz CT molecular complexity index is 1320. The zero-order valence-electron chi connectivity index (χ0n) is 19.5. The van der Waals surface area contributed by atoms with Crippen LogP contribution < -0.4 is 19.7 Å². The van der Waals surface area contributed by atoms with Crippen molar-refractivity contribution in [2.45, 2.75) is 13.8 Å². The number of methoxy groups -OCH3 is 1. The van der Waals surface area contributed by atoms with E-state index in [9.17, 15) is 9.59 Å². The van der Waals surface area contributed by atoms with Gasteiger partial charge in [0, 0.05) is 5.69 Å². The van der Waals surface area contributed by atoms with Gasteiger partial charge < -0.3 is 14.8 Å². The van der Waals surface area contributed by atoms with Gasteiger partial charge in [0.2, 0.25) is 0 Å². The summed E-state index contributed by atoms with van der Waals surface area (Å²) in [4.78, 5) is 27.4. The lowest BCUT2D eigenvalue weighted by molar-refractivity contribution is -0.118. The Morgan fingerprint density at radius 2 is 1.80 bits per heavy atom. The number of para-hydroxylation sites is 1. The van der Waals surface area contributed by atoms with Crippen molar-refractivity contribution >= 4 is 57.6 Å². The van der Waals surface area contributed by atoms with E-state index in [0.717, 1.165) is 22.4 Å². The van der Waals surface area contributed by atoms with E-state index in [-0.39, 0.29) is 18.4 Å². The lowest BCUT2D eigenvalue weighted by Crippen LogP contribution is -2.28. The van der Waals surface area contributed by atoms with Crippen LogP contribution in [-0.2, 0) is 9.59 Å². The number of benzene rings is 3. The van der Waals surface area contributed by atoms with Gasteiger partial charge in [0.25, 0.3) is 11.8 Å².